The van der Waals surface area contributed by atoms with Crippen LogP contribution in [0, 0.1) is 0 Å². The van der Waals surface area contributed by atoms with Crippen molar-refractivity contribution in [3.8, 4) is 0 Å². The first kappa shape index (κ1) is 17.8. The lowest BCUT2D eigenvalue weighted by Crippen LogP contribution is -2.48. The molecule has 0 unspecified atom stereocenters. The number of hydrogen-bond acceptors (Lipinski definition) is 5. The van der Waals surface area contributed by atoms with E-state index in [0.29, 0.717) is 5.69 Å². The Morgan fingerprint density at radius 3 is 2.64 bits per heavy atom. The van der Waals surface area contributed by atoms with Crippen molar-refractivity contribution >= 4 is 27.5 Å². The van der Waals surface area contributed by atoms with Crippen molar-refractivity contribution in [2.45, 2.75) is 32.2 Å². The van der Waals surface area contributed by atoms with E-state index in [1.54, 1.807) is 11.3 Å². The molecule has 1 aliphatic carbocycles. The molecule has 1 aliphatic heterocycles. The molecule has 6 heteroatoms. The van der Waals surface area contributed by atoms with Gasteiger partial charge in [0.05, 0.1) is 16.8 Å². The van der Waals surface area contributed by atoms with Gasteiger partial charge in [-0.2, -0.15) is 0 Å². The highest BCUT2D eigenvalue weighted by atomic mass is 32.1. The summed E-state index contributed by atoms with van der Waals surface area (Å²) in [6.45, 7) is 4.13. The van der Waals surface area contributed by atoms with Gasteiger partial charge in [0.25, 0.3) is 5.91 Å². The molecule has 5 rings (SSSR count). The fraction of sp³-hybridized carbons (Fsp3) is 0.409. The topological polar surface area (TPSA) is 49.3 Å². The van der Waals surface area contributed by atoms with Gasteiger partial charge in [-0.25, -0.2) is 9.97 Å². The lowest BCUT2D eigenvalue weighted by molar-refractivity contribution is 0.0622. The maximum Gasteiger partial charge on any atom is 0.272 e. The fourth-order valence-electron chi connectivity index (χ4n) is 4.15. The summed E-state index contributed by atoms with van der Waals surface area (Å²) in [5.41, 5.74) is 4.14. The number of piperazine rings is 1. The number of pyridine rings is 1. The molecular formula is C22H24N4OS. The molecule has 5 nitrogen and oxygen atoms in total. The highest BCUT2D eigenvalue weighted by Crippen LogP contribution is 2.23. The van der Waals surface area contributed by atoms with Crippen LogP contribution >= 0.6 is 11.3 Å². The van der Waals surface area contributed by atoms with Crippen LogP contribution in [0.2, 0.25) is 0 Å². The van der Waals surface area contributed by atoms with E-state index in [2.05, 4.69) is 34.1 Å². The van der Waals surface area contributed by atoms with Crippen molar-refractivity contribution in [2.24, 2.45) is 0 Å². The molecule has 0 spiro atoms. The van der Waals surface area contributed by atoms with Gasteiger partial charge in [-0.05, 0) is 49.4 Å². The van der Waals surface area contributed by atoms with Gasteiger partial charge in [-0.15, -0.1) is 11.3 Å². The molecule has 0 N–H and O–H groups in total. The van der Waals surface area contributed by atoms with E-state index < -0.39 is 0 Å². The van der Waals surface area contributed by atoms with Crippen molar-refractivity contribution in [1.29, 1.82) is 0 Å². The van der Waals surface area contributed by atoms with Gasteiger partial charge < -0.3 is 4.90 Å². The van der Waals surface area contributed by atoms with E-state index in [1.807, 2.05) is 17.0 Å². The number of nitrogens with zero attached hydrogens (tertiary/aromatic N) is 4. The highest BCUT2D eigenvalue weighted by Gasteiger charge is 2.24. The number of fused-ring (bicyclic) bond motifs is 2. The van der Waals surface area contributed by atoms with E-state index in [4.69, 9.17) is 4.98 Å². The minimum absolute atomic E-state index is 0.0769. The molecule has 2 aliphatic rings. The first-order chi connectivity index (χ1) is 13.8. The minimum Gasteiger partial charge on any atom is -0.335 e. The van der Waals surface area contributed by atoms with Gasteiger partial charge in [0.1, 0.15) is 10.7 Å². The van der Waals surface area contributed by atoms with Crippen LogP contribution in [0.3, 0.4) is 0 Å². The second kappa shape index (κ2) is 7.60. The van der Waals surface area contributed by atoms with Crippen LogP contribution in [0.4, 0.5) is 0 Å². The summed E-state index contributed by atoms with van der Waals surface area (Å²) in [7, 11) is 0. The zero-order chi connectivity index (χ0) is 18.9. The van der Waals surface area contributed by atoms with Gasteiger partial charge in [-0.3, -0.25) is 9.69 Å². The fourth-order valence-corrected chi connectivity index (χ4v) is 5.16. The quantitative estimate of drug-likeness (QED) is 0.684. The third-order valence-electron chi connectivity index (χ3n) is 5.75. The zero-order valence-electron chi connectivity index (χ0n) is 15.9. The van der Waals surface area contributed by atoms with Gasteiger partial charge >= 0.3 is 0 Å². The number of rotatable bonds is 3. The van der Waals surface area contributed by atoms with Crippen molar-refractivity contribution in [2.75, 3.05) is 26.2 Å². The lowest BCUT2D eigenvalue weighted by Gasteiger charge is -2.34. The number of aryl methyl sites for hydroxylation is 2. The largest absolute Gasteiger partial charge is 0.335 e. The zero-order valence-corrected chi connectivity index (χ0v) is 16.7. The summed E-state index contributed by atoms with van der Waals surface area (Å²) in [6, 6.07) is 12.3. The smallest absolute Gasteiger partial charge is 0.272 e. The molecule has 1 fully saturated rings. The number of para-hydroxylation sites is 1. The molecular weight excluding hydrogens is 368 g/mol. The Kier molecular flexibility index (Phi) is 4.82. The second-order valence-corrected chi connectivity index (χ2v) is 8.77. The maximum atomic E-state index is 12.9. The summed E-state index contributed by atoms with van der Waals surface area (Å²) in [6.07, 6.45) is 4.52. The number of thiazole rings is 1. The number of benzene rings is 1. The normalized spacial score (nSPS) is 17.6. The summed E-state index contributed by atoms with van der Waals surface area (Å²) in [5.74, 6) is 0.0769. The maximum absolute atomic E-state index is 12.9. The third-order valence-corrected chi connectivity index (χ3v) is 6.77. The molecule has 1 amide bonds. The van der Waals surface area contributed by atoms with E-state index in [-0.39, 0.29) is 5.91 Å². The third kappa shape index (κ3) is 3.54. The van der Waals surface area contributed by atoms with Crippen LogP contribution < -0.4 is 0 Å². The molecule has 1 saturated heterocycles. The minimum atomic E-state index is 0.0769. The van der Waals surface area contributed by atoms with E-state index in [0.717, 1.165) is 61.8 Å². The van der Waals surface area contributed by atoms with Crippen LogP contribution in [0.15, 0.2) is 36.4 Å². The molecule has 0 bridgehead atoms. The monoisotopic (exact) mass is 392 g/mol. The summed E-state index contributed by atoms with van der Waals surface area (Å²) >= 11 is 1.76. The molecule has 144 valence electrons. The van der Waals surface area contributed by atoms with Crippen LogP contribution in [-0.2, 0) is 19.4 Å². The molecule has 0 atom stereocenters. The Bertz CT molecular complexity index is 974. The SMILES string of the molecule is O=C(c1ccc2c(n1)CCCC2)N1CCN(Cc2nc3ccccc3s2)CC1. The van der Waals surface area contributed by atoms with Crippen molar-refractivity contribution < 1.29 is 4.79 Å². The summed E-state index contributed by atoms with van der Waals surface area (Å²) < 4.78 is 1.24. The van der Waals surface area contributed by atoms with E-state index in [1.165, 1.54) is 23.1 Å². The predicted octanol–water partition coefficient (Wildman–Crippen LogP) is 3.53. The van der Waals surface area contributed by atoms with Gasteiger partial charge in [-0.1, -0.05) is 18.2 Å². The van der Waals surface area contributed by atoms with Gasteiger partial charge in [0.15, 0.2) is 0 Å². The Hall–Kier alpha value is -2.31. The molecule has 3 aromatic rings. The van der Waals surface area contributed by atoms with Crippen LogP contribution in [0.25, 0.3) is 10.2 Å². The molecule has 3 heterocycles. The van der Waals surface area contributed by atoms with Crippen molar-refractivity contribution in [3.63, 3.8) is 0 Å². The van der Waals surface area contributed by atoms with E-state index in [9.17, 15) is 4.79 Å². The summed E-state index contributed by atoms with van der Waals surface area (Å²) in [5, 5.41) is 1.15. The van der Waals surface area contributed by atoms with Crippen LogP contribution in [0.1, 0.15) is 39.6 Å². The number of carbonyl (C=O) groups excluding carboxylic acids is 1. The van der Waals surface area contributed by atoms with Crippen molar-refractivity contribution in [3.05, 3.63) is 58.4 Å². The number of aromatic nitrogens is 2. The number of carbonyl (C=O) groups is 1. The average Bonchev–Trinajstić information content (AvgIpc) is 3.16. The molecule has 0 radical (unpaired) electrons. The average molecular weight is 393 g/mol. The van der Waals surface area contributed by atoms with E-state index >= 15 is 0 Å². The Morgan fingerprint density at radius 1 is 0.964 bits per heavy atom. The highest BCUT2D eigenvalue weighted by molar-refractivity contribution is 7.18. The lowest BCUT2D eigenvalue weighted by atomic mass is 9.96. The molecule has 2 aromatic heterocycles. The first-order valence-corrected chi connectivity index (χ1v) is 10.9. The number of hydrogen-bond donors (Lipinski definition) is 0. The first-order valence-electron chi connectivity index (χ1n) is 10.1. The Balaban J connectivity index is 1.21. The van der Waals surface area contributed by atoms with Gasteiger partial charge in [0.2, 0.25) is 0 Å². The Morgan fingerprint density at radius 2 is 1.79 bits per heavy atom. The summed E-state index contributed by atoms with van der Waals surface area (Å²) in [4.78, 5) is 26.7. The van der Waals surface area contributed by atoms with Gasteiger partial charge in [0, 0.05) is 31.9 Å². The number of amides is 1. The predicted molar refractivity (Wildman–Crippen MR) is 112 cm³/mol. The second-order valence-electron chi connectivity index (χ2n) is 7.65. The molecule has 0 saturated carbocycles. The van der Waals surface area contributed by atoms with Crippen molar-refractivity contribution in [1.82, 2.24) is 19.8 Å². The molecule has 1 aromatic carbocycles. The van der Waals surface area contributed by atoms with Crippen LogP contribution in [-0.4, -0.2) is 51.9 Å². The molecule has 28 heavy (non-hydrogen) atoms. The standard InChI is InChI=1S/C22H24N4OS/c27-22(19-10-9-16-5-1-2-6-17(16)23-19)26-13-11-25(12-14-26)15-21-24-18-7-3-4-8-20(18)28-21/h3-4,7-10H,1-2,5-6,11-15H2. The van der Waals surface area contributed by atoms with Crippen LogP contribution in [0.5, 0.6) is 0 Å². The Labute approximate surface area is 169 Å².